The Labute approximate surface area is 151 Å². The summed E-state index contributed by atoms with van der Waals surface area (Å²) in [6.45, 7) is 5.84. The van der Waals surface area contributed by atoms with Crippen LogP contribution >= 0.6 is 11.3 Å². The third-order valence-corrected chi connectivity index (χ3v) is 4.52. The number of hydrogen-bond acceptors (Lipinski definition) is 6. The second kappa shape index (κ2) is 7.76. The summed E-state index contributed by atoms with van der Waals surface area (Å²) >= 11 is 1.10. The number of carbonyl (C=O) groups excluding carboxylic acids is 2. The predicted molar refractivity (Wildman–Crippen MR) is 98.9 cm³/mol. The van der Waals surface area contributed by atoms with Gasteiger partial charge in [0, 0.05) is 5.41 Å². The van der Waals surface area contributed by atoms with Crippen molar-refractivity contribution < 1.29 is 14.3 Å². The van der Waals surface area contributed by atoms with E-state index in [1.165, 1.54) is 7.11 Å². The van der Waals surface area contributed by atoms with Gasteiger partial charge in [-0.3, -0.25) is 4.79 Å². The number of ether oxygens (including phenoxy) is 1. The fraction of sp³-hybridized carbons (Fsp3) is 0.389. The number of carbonyl (C=O) groups is 2. The van der Waals surface area contributed by atoms with Crippen LogP contribution < -0.4 is 11.1 Å². The Balaban J connectivity index is 2.15. The van der Waals surface area contributed by atoms with E-state index in [-0.39, 0.29) is 11.3 Å². The molecule has 0 aliphatic heterocycles. The molecule has 2 rings (SSSR count). The first-order valence-corrected chi connectivity index (χ1v) is 8.74. The number of aromatic nitrogens is 1. The molecule has 25 heavy (non-hydrogen) atoms. The molecule has 7 heteroatoms. The minimum Gasteiger partial charge on any atom is -0.465 e. The van der Waals surface area contributed by atoms with Crippen molar-refractivity contribution >= 4 is 28.3 Å². The van der Waals surface area contributed by atoms with E-state index in [2.05, 4.69) is 10.3 Å². The van der Waals surface area contributed by atoms with Gasteiger partial charge in [0.25, 0.3) is 0 Å². The monoisotopic (exact) mass is 361 g/mol. The average Bonchev–Trinajstić information content (AvgIpc) is 2.99. The van der Waals surface area contributed by atoms with Gasteiger partial charge in [0.05, 0.1) is 18.8 Å². The molecule has 3 N–H and O–H groups in total. The Morgan fingerprint density at radius 1 is 1.28 bits per heavy atom. The Morgan fingerprint density at radius 3 is 2.48 bits per heavy atom. The third-order valence-electron chi connectivity index (χ3n) is 3.57. The first kappa shape index (κ1) is 19.1. The molecule has 1 aromatic carbocycles. The number of hydrogen-bond donors (Lipinski definition) is 2. The highest BCUT2D eigenvalue weighted by atomic mass is 32.1. The van der Waals surface area contributed by atoms with Crippen molar-refractivity contribution in [3.63, 3.8) is 0 Å². The van der Waals surface area contributed by atoms with Crippen LogP contribution in [0.4, 0.5) is 5.13 Å². The van der Waals surface area contributed by atoms with Crippen LogP contribution in [0.25, 0.3) is 0 Å². The molecule has 0 radical (unpaired) electrons. The molecule has 134 valence electrons. The third kappa shape index (κ3) is 4.87. The van der Waals surface area contributed by atoms with Crippen molar-refractivity contribution in [2.45, 2.75) is 38.6 Å². The molecular weight excluding hydrogens is 338 g/mol. The fourth-order valence-corrected chi connectivity index (χ4v) is 3.37. The molecule has 0 aliphatic rings. The maximum atomic E-state index is 12.3. The van der Waals surface area contributed by atoms with E-state index in [0.717, 1.165) is 16.9 Å². The molecule has 2 aromatic rings. The Kier molecular flexibility index (Phi) is 5.92. The fourth-order valence-electron chi connectivity index (χ4n) is 2.27. The number of benzene rings is 1. The molecular formula is C18H23N3O3S. The molecule has 0 bridgehead atoms. The van der Waals surface area contributed by atoms with Gasteiger partial charge in [-0.05, 0) is 12.0 Å². The Bertz CT molecular complexity index is 751. The van der Waals surface area contributed by atoms with Gasteiger partial charge < -0.3 is 15.8 Å². The van der Waals surface area contributed by atoms with E-state index in [0.29, 0.717) is 22.1 Å². The maximum Gasteiger partial charge on any atom is 0.350 e. The van der Waals surface area contributed by atoms with E-state index >= 15 is 0 Å². The molecule has 1 aromatic heterocycles. The predicted octanol–water partition coefficient (Wildman–Crippen LogP) is 2.74. The number of nitrogens with two attached hydrogens (primary N) is 1. The number of nitrogens with zero attached hydrogens (tertiary/aromatic N) is 1. The molecule has 1 amide bonds. The molecule has 0 saturated heterocycles. The Morgan fingerprint density at radius 2 is 1.92 bits per heavy atom. The van der Waals surface area contributed by atoms with Crippen molar-refractivity contribution in [3.05, 3.63) is 46.5 Å². The second-order valence-corrected chi connectivity index (χ2v) is 7.72. The SMILES string of the molecule is COC(=O)c1sc(NC(=O)[C@@H](N)Cc2ccccc2)nc1C(C)(C)C. The molecule has 6 nitrogen and oxygen atoms in total. The van der Waals surface area contributed by atoms with Crippen molar-refractivity contribution in [1.82, 2.24) is 4.98 Å². The molecule has 1 atom stereocenters. The van der Waals surface area contributed by atoms with E-state index < -0.39 is 12.0 Å². The van der Waals surface area contributed by atoms with E-state index in [9.17, 15) is 9.59 Å². The second-order valence-electron chi connectivity index (χ2n) is 6.72. The van der Waals surface area contributed by atoms with Crippen molar-refractivity contribution in [3.8, 4) is 0 Å². The van der Waals surface area contributed by atoms with Gasteiger partial charge in [-0.25, -0.2) is 9.78 Å². The zero-order chi connectivity index (χ0) is 18.6. The summed E-state index contributed by atoms with van der Waals surface area (Å²) in [4.78, 5) is 29.1. The zero-order valence-corrected chi connectivity index (χ0v) is 15.6. The number of esters is 1. The molecule has 0 spiro atoms. The highest BCUT2D eigenvalue weighted by molar-refractivity contribution is 7.17. The molecule has 0 fully saturated rings. The topological polar surface area (TPSA) is 94.3 Å². The van der Waals surface area contributed by atoms with Crippen LogP contribution in [-0.4, -0.2) is 30.0 Å². The van der Waals surface area contributed by atoms with Crippen molar-refractivity contribution in [2.24, 2.45) is 5.73 Å². The lowest BCUT2D eigenvalue weighted by Gasteiger charge is -2.16. The standard InChI is InChI=1S/C18H23N3O3S/c1-18(2,3)14-13(16(23)24-4)25-17(20-14)21-15(22)12(19)10-11-8-6-5-7-9-11/h5-9,12H,10,19H2,1-4H3,(H,20,21,22)/t12-/m0/s1. The number of nitrogens with one attached hydrogen (secondary N) is 1. The minimum absolute atomic E-state index is 0.338. The number of amides is 1. The van der Waals surface area contributed by atoms with Crippen molar-refractivity contribution in [2.75, 3.05) is 12.4 Å². The zero-order valence-electron chi connectivity index (χ0n) is 14.8. The first-order valence-electron chi connectivity index (χ1n) is 7.92. The number of anilines is 1. The average molecular weight is 361 g/mol. The van der Waals surface area contributed by atoms with Crippen LogP contribution in [0, 0.1) is 0 Å². The van der Waals surface area contributed by atoms with Gasteiger partial charge in [-0.15, -0.1) is 0 Å². The molecule has 0 unspecified atom stereocenters. The minimum atomic E-state index is -0.703. The summed E-state index contributed by atoms with van der Waals surface area (Å²) < 4.78 is 4.81. The van der Waals surface area contributed by atoms with E-state index in [4.69, 9.17) is 10.5 Å². The largest absolute Gasteiger partial charge is 0.465 e. The molecule has 0 saturated carbocycles. The van der Waals surface area contributed by atoms with Crippen LogP contribution in [0.5, 0.6) is 0 Å². The van der Waals surface area contributed by atoms with Gasteiger partial charge in [0.2, 0.25) is 5.91 Å². The van der Waals surface area contributed by atoms with Gasteiger partial charge in [0.1, 0.15) is 4.88 Å². The van der Waals surface area contributed by atoms with Gasteiger partial charge in [-0.1, -0.05) is 62.4 Å². The number of rotatable bonds is 5. The highest BCUT2D eigenvalue weighted by Gasteiger charge is 2.28. The van der Waals surface area contributed by atoms with Crippen LogP contribution in [0.1, 0.15) is 41.7 Å². The molecule has 1 heterocycles. The smallest absolute Gasteiger partial charge is 0.350 e. The lowest BCUT2D eigenvalue weighted by Crippen LogP contribution is -2.37. The van der Waals surface area contributed by atoms with Crippen LogP contribution in [0.15, 0.2) is 30.3 Å². The summed E-state index contributed by atoms with van der Waals surface area (Å²) in [5.74, 6) is -0.800. The van der Waals surface area contributed by atoms with Crippen LogP contribution in [-0.2, 0) is 21.4 Å². The van der Waals surface area contributed by atoms with Gasteiger partial charge in [0.15, 0.2) is 5.13 Å². The van der Waals surface area contributed by atoms with Gasteiger partial charge >= 0.3 is 5.97 Å². The lowest BCUT2D eigenvalue weighted by atomic mass is 9.91. The summed E-state index contributed by atoms with van der Waals surface area (Å²) in [6.07, 6.45) is 0.425. The van der Waals surface area contributed by atoms with Crippen molar-refractivity contribution in [1.29, 1.82) is 0 Å². The number of thiazole rings is 1. The highest BCUT2D eigenvalue weighted by Crippen LogP contribution is 2.32. The quantitative estimate of drug-likeness (QED) is 0.799. The van der Waals surface area contributed by atoms with E-state index in [1.54, 1.807) is 0 Å². The number of methoxy groups -OCH3 is 1. The summed E-state index contributed by atoms with van der Waals surface area (Å²) in [5, 5.41) is 3.06. The normalized spacial score (nSPS) is 12.5. The molecule has 0 aliphatic carbocycles. The van der Waals surface area contributed by atoms with Gasteiger partial charge in [-0.2, -0.15) is 0 Å². The van der Waals surface area contributed by atoms with E-state index in [1.807, 2.05) is 51.1 Å². The van der Waals surface area contributed by atoms with Crippen LogP contribution in [0.2, 0.25) is 0 Å². The Hall–Kier alpha value is -2.25. The summed E-state index contributed by atoms with van der Waals surface area (Å²) in [7, 11) is 1.32. The maximum absolute atomic E-state index is 12.3. The summed E-state index contributed by atoms with van der Waals surface area (Å²) in [6, 6.07) is 8.85. The summed E-state index contributed by atoms with van der Waals surface area (Å²) in [5.41, 5.74) is 7.21. The van der Waals surface area contributed by atoms with Crippen LogP contribution in [0.3, 0.4) is 0 Å². The lowest BCUT2D eigenvalue weighted by molar-refractivity contribution is -0.117. The first-order chi connectivity index (χ1) is 11.7.